The van der Waals surface area contributed by atoms with Crippen molar-refractivity contribution in [1.29, 1.82) is 0 Å². The highest BCUT2D eigenvalue weighted by Gasteiger charge is 2.43. The van der Waals surface area contributed by atoms with Gasteiger partial charge in [0.1, 0.15) is 0 Å². The number of rotatable bonds is 16. The highest BCUT2D eigenvalue weighted by Crippen LogP contribution is 2.16. The van der Waals surface area contributed by atoms with Crippen LogP contribution >= 0.6 is 0 Å². The molecule has 0 atom stereocenters. The van der Waals surface area contributed by atoms with Crippen LogP contribution in [0.15, 0.2) is 30.3 Å². The van der Waals surface area contributed by atoms with Crippen LogP contribution in [-0.2, 0) is 13.3 Å². The van der Waals surface area contributed by atoms with Gasteiger partial charge in [-0.25, -0.2) is 0 Å². The van der Waals surface area contributed by atoms with E-state index in [1.165, 1.54) is 19.3 Å². The maximum atomic E-state index is 6.47. The lowest BCUT2D eigenvalue weighted by Gasteiger charge is -2.30. The third-order valence-corrected chi connectivity index (χ3v) is 7.57. The summed E-state index contributed by atoms with van der Waals surface area (Å²) in [5, 5.41) is 1.09. The minimum absolute atomic E-state index is 0.690. The van der Waals surface area contributed by atoms with Crippen molar-refractivity contribution in [3.8, 4) is 0 Å². The van der Waals surface area contributed by atoms with Crippen molar-refractivity contribution < 1.29 is 13.3 Å². The summed E-state index contributed by atoms with van der Waals surface area (Å²) in [6, 6.07) is 10.4. The van der Waals surface area contributed by atoms with Gasteiger partial charge in [-0.3, -0.25) is 0 Å². The van der Waals surface area contributed by atoms with E-state index in [0.717, 1.165) is 24.4 Å². The van der Waals surface area contributed by atoms with Crippen molar-refractivity contribution in [3.05, 3.63) is 30.3 Å². The maximum Gasteiger partial charge on any atom is 0.537 e. The molecule has 0 bridgehead atoms. The van der Waals surface area contributed by atoms with Gasteiger partial charge in [-0.1, -0.05) is 71.9 Å². The summed E-state index contributed by atoms with van der Waals surface area (Å²) in [6.07, 6.45) is 6.64. The van der Waals surface area contributed by atoms with Gasteiger partial charge in [-0.05, 0) is 56.3 Å². The van der Waals surface area contributed by atoms with E-state index in [0.29, 0.717) is 37.6 Å². The van der Waals surface area contributed by atoms with Crippen molar-refractivity contribution in [3.63, 3.8) is 0 Å². The molecule has 0 aromatic heterocycles. The smallest absolute Gasteiger partial charge is 0.370 e. The maximum absolute atomic E-state index is 6.47. The molecule has 162 valence electrons. The average Bonchev–Trinajstić information content (AvgIpc) is 2.65. The molecule has 0 saturated carbocycles. The first-order valence-corrected chi connectivity index (χ1v) is 13.1. The Morgan fingerprint density at radius 3 is 1.29 bits per heavy atom. The first-order valence-electron chi connectivity index (χ1n) is 11.3. The molecule has 3 nitrogen and oxygen atoms in total. The summed E-state index contributed by atoms with van der Waals surface area (Å²) in [5.74, 6) is 2.07. The number of hydrogen-bond donors (Lipinski definition) is 0. The lowest BCUT2D eigenvalue weighted by Crippen LogP contribution is -2.57. The molecule has 0 amide bonds. The molecule has 4 heteroatoms. The Kier molecular flexibility index (Phi) is 13.0. The molecule has 28 heavy (non-hydrogen) atoms. The molecule has 0 aliphatic rings. The zero-order chi connectivity index (χ0) is 20.8. The zero-order valence-corrected chi connectivity index (χ0v) is 20.2. The Labute approximate surface area is 175 Å². The number of hydrogen-bond acceptors (Lipinski definition) is 3. The predicted molar refractivity (Wildman–Crippen MR) is 122 cm³/mol. The molecule has 0 heterocycles. The molecule has 1 aromatic carbocycles. The van der Waals surface area contributed by atoms with Gasteiger partial charge in [0.05, 0.1) is 0 Å². The second-order valence-corrected chi connectivity index (χ2v) is 11.6. The Hall–Kier alpha value is -0.683. The van der Waals surface area contributed by atoms with Crippen LogP contribution in [0, 0.1) is 17.8 Å². The first kappa shape index (κ1) is 25.4. The summed E-state index contributed by atoms with van der Waals surface area (Å²) >= 11 is 0. The molecule has 0 unspecified atom stereocenters. The summed E-state index contributed by atoms with van der Waals surface area (Å²) in [4.78, 5) is 0. The molecule has 1 aromatic rings. The van der Waals surface area contributed by atoms with Gasteiger partial charge >= 0.3 is 8.80 Å². The van der Waals surface area contributed by atoms with Gasteiger partial charge in [-0.2, -0.15) is 0 Å². The van der Waals surface area contributed by atoms with E-state index in [4.69, 9.17) is 13.3 Å². The van der Waals surface area contributed by atoms with Crippen LogP contribution < -0.4 is 5.19 Å². The van der Waals surface area contributed by atoms with Crippen LogP contribution in [0.3, 0.4) is 0 Å². The largest absolute Gasteiger partial charge is 0.537 e. The lowest BCUT2D eigenvalue weighted by molar-refractivity contribution is 0.0672. The normalized spacial score (nSPS) is 12.5. The lowest BCUT2D eigenvalue weighted by atomic mass is 10.1. The van der Waals surface area contributed by atoms with Crippen LogP contribution in [0.25, 0.3) is 0 Å². The van der Waals surface area contributed by atoms with Gasteiger partial charge in [0.25, 0.3) is 0 Å². The van der Waals surface area contributed by atoms with E-state index >= 15 is 0 Å². The Morgan fingerprint density at radius 1 is 0.607 bits per heavy atom. The van der Waals surface area contributed by atoms with E-state index in [2.05, 4.69) is 65.8 Å². The Balaban J connectivity index is 2.85. The monoisotopic (exact) mass is 408 g/mol. The fourth-order valence-electron chi connectivity index (χ4n) is 3.11. The second kappa shape index (κ2) is 14.3. The van der Waals surface area contributed by atoms with Crippen LogP contribution in [0.5, 0.6) is 0 Å². The SMILES string of the molecule is CC(C)CCCO[Si](OCCCC(C)C)(OCCCC(C)C)c1ccccc1. The highest BCUT2D eigenvalue weighted by atomic mass is 28.4. The molecule has 0 aliphatic heterocycles. The van der Waals surface area contributed by atoms with Crippen LogP contribution in [0.2, 0.25) is 0 Å². The fraction of sp³-hybridized carbons (Fsp3) is 0.750. The van der Waals surface area contributed by atoms with Crippen LogP contribution in [0.1, 0.15) is 80.1 Å². The summed E-state index contributed by atoms with van der Waals surface area (Å²) in [6.45, 7) is 15.6. The molecule has 1 rings (SSSR count). The van der Waals surface area contributed by atoms with E-state index in [9.17, 15) is 0 Å². The quantitative estimate of drug-likeness (QED) is 0.241. The third-order valence-electron chi connectivity index (χ3n) is 4.78. The van der Waals surface area contributed by atoms with Gasteiger partial charge < -0.3 is 13.3 Å². The molecule has 0 fully saturated rings. The van der Waals surface area contributed by atoms with Crippen molar-refractivity contribution >= 4 is 14.0 Å². The molecular weight excluding hydrogens is 364 g/mol. The molecule has 0 radical (unpaired) electrons. The highest BCUT2D eigenvalue weighted by molar-refractivity contribution is 6.75. The summed E-state index contributed by atoms with van der Waals surface area (Å²) in [5.41, 5.74) is 0. The standard InChI is InChI=1S/C24H44O3Si/c1-21(2)13-10-18-25-28(24-16-8-7-9-17-24,26-19-11-14-22(3)4)27-20-12-15-23(5)6/h7-9,16-17,21-23H,10-15,18-20H2,1-6H3. The third kappa shape index (κ3) is 10.8. The van der Waals surface area contributed by atoms with Gasteiger partial charge in [-0.15, -0.1) is 0 Å². The second-order valence-electron chi connectivity index (χ2n) is 9.08. The molecule has 0 N–H and O–H groups in total. The van der Waals surface area contributed by atoms with Crippen molar-refractivity contribution in [2.75, 3.05) is 19.8 Å². The molecular formula is C24H44O3Si. The number of benzene rings is 1. The van der Waals surface area contributed by atoms with Crippen molar-refractivity contribution in [2.24, 2.45) is 17.8 Å². The topological polar surface area (TPSA) is 27.7 Å². The molecule has 0 spiro atoms. The van der Waals surface area contributed by atoms with E-state index in [-0.39, 0.29) is 0 Å². The van der Waals surface area contributed by atoms with E-state index < -0.39 is 8.80 Å². The van der Waals surface area contributed by atoms with Gasteiger partial charge in [0.2, 0.25) is 0 Å². The van der Waals surface area contributed by atoms with Gasteiger partial charge in [0, 0.05) is 25.0 Å². The minimum Gasteiger partial charge on any atom is -0.370 e. The van der Waals surface area contributed by atoms with Crippen molar-refractivity contribution in [2.45, 2.75) is 80.1 Å². The first-order chi connectivity index (χ1) is 13.4. The predicted octanol–water partition coefficient (Wildman–Crippen LogP) is 6.19. The molecule has 0 saturated heterocycles. The van der Waals surface area contributed by atoms with Gasteiger partial charge in [0.15, 0.2) is 0 Å². The summed E-state index contributed by atoms with van der Waals surface area (Å²) < 4.78 is 19.4. The average molecular weight is 409 g/mol. The van der Waals surface area contributed by atoms with Crippen LogP contribution in [0.4, 0.5) is 0 Å². The van der Waals surface area contributed by atoms with Crippen LogP contribution in [-0.4, -0.2) is 28.6 Å². The zero-order valence-electron chi connectivity index (χ0n) is 19.2. The van der Waals surface area contributed by atoms with Crippen molar-refractivity contribution in [1.82, 2.24) is 0 Å². The Morgan fingerprint density at radius 2 is 0.964 bits per heavy atom. The molecule has 0 aliphatic carbocycles. The fourth-order valence-corrected chi connectivity index (χ4v) is 5.70. The van der Waals surface area contributed by atoms with E-state index in [1.807, 2.05) is 6.07 Å². The summed E-state index contributed by atoms with van der Waals surface area (Å²) in [7, 11) is -2.89. The van der Waals surface area contributed by atoms with E-state index in [1.54, 1.807) is 0 Å². The minimum atomic E-state index is -2.89. The Bertz CT molecular complexity index is 447.